The second-order valence-electron chi connectivity index (χ2n) is 11.9. The number of hydrogen-bond donors (Lipinski definition) is 0. The third-order valence-corrected chi connectivity index (χ3v) is 9.31. The van der Waals surface area contributed by atoms with Gasteiger partial charge in [0.05, 0.1) is 12.1 Å². The van der Waals surface area contributed by atoms with Crippen molar-refractivity contribution in [2.75, 3.05) is 4.90 Å². The van der Waals surface area contributed by atoms with Gasteiger partial charge in [-0.1, -0.05) is 158 Å². The van der Waals surface area contributed by atoms with Gasteiger partial charge in [-0.3, -0.25) is 4.99 Å². The van der Waals surface area contributed by atoms with Crippen molar-refractivity contribution >= 4 is 43.8 Å². The van der Waals surface area contributed by atoms with Crippen molar-refractivity contribution < 1.29 is 0 Å². The lowest BCUT2D eigenvalue weighted by molar-refractivity contribution is 0.739. The van der Waals surface area contributed by atoms with Crippen LogP contribution in [0, 0.1) is 0 Å². The van der Waals surface area contributed by atoms with Crippen molar-refractivity contribution in [3.63, 3.8) is 0 Å². The van der Waals surface area contributed by atoms with Gasteiger partial charge in [0.25, 0.3) is 0 Å². The van der Waals surface area contributed by atoms with Gasteiger partial charge in [0, 0.05) is 11.3 Å². The van der Waals surface area contributed by atoms with E-state index in [2.05, 4.69) is 175 Å². The van der Waals surface area contributed by atoms with Gasteiger partial charge in [-0.15, -0.1) is 0 Å². The van der Waals surface area contributed by atoms with Crippen LogP contribution in [0.1, 0.15) is 5.56 Å². The Hall–Kier alpha value is -5.73. The Bertz CT molecular complexity index is 2280. The molecule has 2 heteroatoms. The molecule has 1 aliphatic carbocycles. The number of fused-ring (bicyclic) bond motifs is 4. The Morgan fingerprint density at radius 3 is 1.80 bits per heavy atom. The Morgan fingerprint density at radius 1 is 0.467 bits per heavy atom. The van der Waals surface area contributed by atoms with E-state index in [0.717, 1.165) is 17.1 Å². The SMILES string of the molecule is C1=CC2N=C(c3ccccc3)N(c3cccc(-c4c5ccccc5c(-c5cccc6ccccc56)c5ccccc45)c3)C2C=C1. The van der Waals surface area contributed by atoms with E-state index in [1.807, 2.05) is 0 Å². The predicted octanol–water partition coefficient (Wildman–Crippen LogP) is 10.6. The van der Waals surface area contributed by atoms with Crippen LogP contribution in [0.3, 0.4) is 0 Å². The summed E-state index contributed by atoms with van der Waals surface area (Å²) in [6.07, 6.45) is 8.75. The monoisotopic (exact) mass is 574 g/mol. The van der Waals surface area contributed by atoms with E-state index in [9.17, 15) is 0 Å². The lowest BCUT2D eigenvalue weighted by Crippen LogP contribution is -2.39. The molecule has 0 spiro atoms. The molecule has 0 radical (unpaired) electrons. The maximum Gasteiger partial charge on any atom is 0.136 e. The van der Waals surface area contributed by atoms with E-state index < -0.39 is 0 Å². The topological polar surface area (TPSA) is 15.6 Å². The van der Waals surface area contributed by atoms with E-state index in [4.69, 9.17) is 4.99 Å². The lowest BCUT2D eigenvalue weighted by atomic mass is 9.84. The second kappa shape index (κ2) is 10.5. The van der Waals surface area contributed by atoms with Crippen LogP contribution in [0.25, 0.3) is 54.6 Å². The summed E-state index contributed by atoms with van der Waals surface area (Å²) in [6.45, 7) is 0. The van der Waals surface area contributed by atoms with Gasteiger partial charge < -0.3 is 4.90 Å². The summed E-state index contributed by atoms with van der Waals surface area (Å²) in [4.78, 5) is 7.63. The smallest absolute Gasteiger partial charge is 0.136 e. The second-order valence-corrected chi connectivity index (χ2v) is 11.9. The average Bonchev–Trinajstić information content (AvgIpc) is 3.51. The Kier molecular flexibility index (Phi) is 5.99. The molecule has 9 rings (SSSR count). The normalized spacial score (nSPS) is 17.2. The van der Waals surface area contributed by atoms with Crippen LogP contribution in [0.4, 0.5) is 5.69 Å². The van der Waals surface area contributed by atoms with Crippen molar-refractivity contribution in [1.82, 2.24) is 0 Å². The summed E-state index contributed by atoms with van der Waals surface area (Å²) in [5.74, 6) is 1.01. The van der Waals surface area contributed by atoms with Crippen molar-refractivity contribution in [2.45, 2.75) is 12.1 Å². The number of nitrogens with zero attached hydrogens (tertiary/aromatic N) is 2. The molecular formula is C43H30N2. The molecule has 212 valence electrons. The standard InChI is InChI=1S/C43H30N2/c1-2-15-30(16-3-1)43-44-39-26-10-11-27-40(39)45(43)32-19-12-18-31(28-32)41-35-21-6-8-23-37(35)42(38-24-9-7-22-36(38)41)34-25-13-17-29-14-4-5-20-33(29)34/h1-28,39-40H. The minimum Gasteiger partial charge on any atom is -0.317 e. The number of amidine groups is 1. The molecule has 45 heavy (non-hydrogen) atoms. The third kappa shape index (κ3) is 4.14. The highest BCUT2D eigenvalue weighted by atomic mass is 15.3. The summed E-state index contributed by atoms with van der Waals surface area (Å²) < 4.78 is 0. The molecular weight excluding hydrogens is 544 g/mol. The molecule has 0 bridgehead atoms. The van der Waals surface area contributed by atoms with Gasteiger partial charge in [-0.05, 0) is 66.7 Å². The van der Waals surface area contributed by atoms with Gasteiger partial charge in [-0.2, -0.15) is 0 Å². The summed E-state index contributed by atoms with van der Waals surface area (Å²) in [5, 5.41) is 7.57. The maximum absolute atomic E-state index is 5.21. The molecule has 7 aromatic carbocycles. The average molecular weight is 575 g/mol. The molecule has 1 heterocycles. The minimum absolute atomic E-state index is 0.0931. The Morgan fingerprint density at radius 2 is 1.04 bits per heavy atom. The molecule has 0 aromatic heterocycles. The van der Waals surface area contributed by atoms with Crippen LogP contribution in [0.15, 0.2) is 175 Å². The zero-order chi connectivity index (χ0) is 29.7. The van der Waals surface area contributed by atoms with Crippen LogP contribution in [0.2, 0.25) is 0 Å². The van der Waals surface area contributed by atoms with Gasteiger partial charge in [0.1, 0.15) is 5.84 Å². The zero-order valence-electron chi connectivity index (χ0n) is 24.7. The van der Waals surface area contributed by atoms with Gasteiger partial charge in [0.15, 0.2) is 0 Å². The summed E-state index contributed by atoms with van der Waals surface area (Å²) in [5.41, 5.74) is 7.31. The zero-order valence-corrected chi connectivity index (χ0v) is 24.7. The molecule has 2 nitrogen and oxygen atoms in total. The van der Waals surface area contributed by atoms with E-state index in [1.165, 1.54) is 54.6 Å². The Balaban J connectivity index is 1.28. The van der Waals surface area contributed by atoms with Crippen LogP contribution in [0.5, 0.6) is 0 Å². The van der Waals surface area contributed by atoms with E-state index >= 15 is 0 Å². The number of benzene rings is 7. The summed E-state index contributed by atoms with van der Waals surface area (Å²) in [6, 6.07) is 53.1. The molecule has 0 fully saturated rings. The Labute approximate surface area is 262 Å². The molecule has 2 atom stereocenters. The van der Waals surface area contributed by atoms with Crippen LogP contribution in [-0.2, 0) is 0 Å². The first-order chi connectivity index (χ1) is 22.3. The predicted molar refractivity (Wildman–Crippen MR) is 191 cm³/mol. The van der Waals surface area contributed by atoms with Crippen LogP contribution >= 0.6 is 0 Å². The molecule has 0 saturated heterocycles. The first-order valence-electron chi connectivity index (χ1n) is 15.6. The molecule has 0 N–H and O–H groups in total. The molecule has 0 amide bonds. The quantitative estimate of drug-likeness (QED) is 0.191. The molecule has 2 aliphatic rings. The fourth-order valence-corrected chi connectivity index (χ4v) is 7.37. The molecule has 7 aromatic rings. The van der Waals surface area contributed by atoms with E-state index in [0.29, 0.717) is 0 Å². The van der Waals surface area contributed by atoms with E-state index in [-0.39, 0.29) is 12.1 Å². The number of allylic oxidation sites excluding steroid dienone is 2. The van der Waals surface area contributed by atoms with Crippen molar-refractivity contribution in [1.29, 1.82) is 0 Å². The van der Waals surface area contributed by atoms with E-state index in [1.54, 1.807) is 0 Å². The maximum atomic E-state index is 5.21. The number of rotatable bonds is 4. The highest BCUT2D eigenvalue weighted by Gasteiger charge is 2.35. The summed E-state index contributed by atoms with van der Waals surface area (Å²) >= 11 is 0. The highest BCUT2D eigenvalue weighted by molar-refractivity contribution is 6.23. The van der Waals surface area contributed by atoms with Crippen LogP contribution in [-0.4, -0.2) is 17.9 Å². The van der Waals surface area contributed by atoms with Crippen molar-refractivity contribution in [3.05, 3.63) is 175 Å². The molecule has 2 unspecified atom stereocenters. The minimum atomic E-state index is 0.0931. The fraction of sp³-hybridized carbons (Fsp3) is 0.0465. The first kappa shape index (κ1) is 25.7. The number of aliphatic imine (C=N–C) groups is 1. The highest BCUT2D eigenvalue weighted by Crippen LogP contribution is 2.46. The van der Waals surface area contributed by atoms with Gasteiger partial charge in [0.2, 0.25) is 0 Å². The fourth-order valence-electron chi connectivity index (χ4n) is 7.37. The third-order valence-electron chi connectivity index (χ3n) is 9.31. The van der Waals surface area contributed by atoms with Crippen LogP contribution < -0.4 is 4.90 Å². The number of hydrogen-bond acceptors (Lipinski definition) is 2. The van der Waals surface area contributed by atoms with Crippen molar-refractivity contribution in [2.24, 2.45) is 4.99 Å². The number of anilines is 1. The lowest BCUT2D eigenvalue weighted by Gasteiger charge is -2.29. The van der Waals surface area contributed by atoms with Gasteiger partial charge in [-0.25, -0.2) is 0 Å². The first-order valence-corrected chi connectivity index (χ1v) is 15.6. The van der Waals surface area contributed by atoms with Crippen molar-refractivity contribution in [3.8, 4) is 22.3 Å². The van der Waals surface area contributed by atoms with Gasteiger partial charge >= 0.3 is 0 Å². The summed E-state index contributed by atoms with van der Waals surface area (Å²) in [7, 11) is 0. The largest absolute Gasteiger partial charge is 0.317 e. The molecule has 0 saturated carbocycles. The molecule has 1 aliphatic heterocycles.